The summed E-state index contributed by atoms with van der Waals surface area (Å²) in [5.41, 5.74) is 5.80. The lowest BCUT2D eigenvalue weighted by molar-refractivity contribution is 0.166. The molecule has 7 heteroatoms. The number of pyridine rings is 1. The Hall–Kier alpha value is -1.86. The van der Waals surface area contributed by atoms with Crippen LogP contribution in [0.4, 0.5) is 4.39 Å². The van der Waals surface area contributed by atoms with E-state index in [0.717, 1.165) is 6.20 Å². The number of hydrogen-bond acceptors (Lipinski definition) is 6. The third kappa shape index (κ3) is 1.87. The van der Waals surface area contributed by atoms with E-state index in [2.05, 4.69) is 15.1 Å². The summed E-state index contributed by atoms with van der Waals surface area (Å²) < 4.78 is 23.1. The van der Waals surface area contributed by atoms with Crippen LogP contribution in [0.15, 0.2) is 22.9 Å². The van der Waals surface area contributed by atoms with Gasteiger partial charge < -0.3 is 15.0 Å². The molecule has 18 heavy (non-hydrogen) atoms. The summed E-state index contributed by atoms with van der Waals surface area (Å²) >= 11 is 0. The number of nitrogens with two attached hydrogens (primary N) is 1. The van der Waals surface area contributed by atoms with Crippen LogP contribution in [0.1, 0.15) is 12.3 Å². The Bertz CT molecular complexity index is 548. The zero-order valence-electron chi connectivity index (χ0n) is 9.47. The molecule has 0 bridgehead atoms. The second-order valence-corrected chi connectivity index (χ2v) is 4.24. The molecule has 0 radical (unpaired) electrons. The van der Waals surface area contributed by atoms with Crippen LogP contribution in [0.2, 0.25) is 0 Å². The number of rotatable bonds is 2. The molecular weight excluding hydrogens is 239 g/mol. The second kappa shape index (κ2) is 4.11. The molecule has 2 aromatic rings. The zero-order valence-corrected chi connectivity index (χ0v) is 9.47. The number of nitrogens with zero attached hydrogens (tertiary/aromatic N) is 3. The number of aromatic nitrogens is 3. The van der Waals surface area contributed by atoms with Gasteiger partial charge in [0.25, 0.3) is 0 Å². The summed E-state index contributed by atoms with van der Waals surface area (Å²) in [4.78, 5) is 8.08. The maximum absolute atomic E-state index is 12.8. The van der Waals surface area contributed by atoms with Gasteiger partial charge in [-0.15, -0.1) is 0 Å². The van der Waals surface area contributed by atoms with Crippen LogP contribution < -0.4 is 5.73 Å². The Morgan fingerprint density at radius 3 is 2.94 bits per heavy atom. The zero-order chi connectivity index (χ0) is 12.6. The second-order valence-electron chi connectivity index (χ2n) is 4.24. The van der Waals surface area contributed by atoms with E-state index in [-0.39, 0.29) is 0 Å². The molecule has 0 aromatic carbocycles. The van der Waals surface area contributed by atoms with Crippen molar-refractivity contribution >= 4 is 0 Å². The van der Waals surface area contributed by atoms with Gasteiger partial charge in [-0.2, -0.15) is 4.98 Å². The third-order valence-corrected chi connectivity index (χ3v) is 2.86. The van der Waals surface area contributed by atoms with Crippen molar-refractivity contribution < 1.29 is 13.7 Å². The van der Waals surface area contributed by atoms with Gasteiger partial charge in [0.2, 0.25) is 11.7 Å². The fraction of sp³-hybridized carbons (Fsp3) is 0.364. The molecule has 0 aliphatic carbocycles. The highest BCUT2D eigenvalue weighted by Gasteiger charge is 2.38. The Labute approximate surface area is 102 Å². The lowest BCUT2D eigenvalue weighted by atomic mass is 10.0. The average molecular weight is 250 g/mol. The van der Waals surface area contributed by atoms with E-state index >= 15 is 0 Å². The fourth-order valence-corrected chi connectivity index (χ4v) is 1.79. The van der Waals surface area contributed by atoms with Gasteiger partial charge in [0.1, 0.15) is 17.1 Å². The lowest BCUT2D eigenvalue weighted by Crippen LogP contribution is -2.37. The predicted octanol–water partition coefficient (Wildman–Crippen LogP) is 0.845. The van der Waals surface area contributed by atoms with E-state index in [1.165, 1.54) is 12.1 Å². The minimum absolute atomic E-state index is 0.293. The quantitative estimate of drug-likeness (QED) is 0.850. The van der Waals surface area contributed by atoms with E-state index in [9.17, 15) is 4.39 Å². The van der Waals surface area contributed by atoms with Crippen molar-refractivity contribution in [1.29, 1.82) is 0 Å². The van der Waals surface area contributed by atoms with Crippen molar-refractivity contribution in [3.05, 3.63) is 30.0 Å². The third-order valence-electron chi connectivity index (χ3n) is 2.86. The molecule has 2 aromatic heterocycles. The van der Waals surface area contributed by atoms with Gasteiger partial charge in [-0.1, -0.05) is 5.16 Å². The Balaban J connectivity index is 1.91. The highest BCUT2D eigenvalue weighted by atomic mass is 19.1. The van der Waals surface area contributed by atoms with Crippen LogP contribution in [0.5, 0.6) is 0 Å². The summed E-state index contributed by atoms with van der Waals surface area (Å²) in [5, 5.41) is 3.80. The van der Waals surface area contributed by atoms with Gasteiger partial charge in [0.05, 0.1) is 12.8 Å². The molecular formula is C11H11FN4O2. The topological polar surface area (TPSA) is 87.1 Å². The van der Waals surface area contributed by atoms with Crippen LogP contribution in [-0.4, -0.2) is 28.3 Å². The average Bonchev–Trinajstić information content (AvgIpc) is 2.99. The number of ether oxygens (including phenoxy) is 1. The normalized spacial score (nSPS) is 23.4. The van der Waals surface area contributed by atoms with E-state index in [1.54, 1.807) is 0 Å². The fourth-order valence-electron chi connectivity index (χ4n) is 1.79. The largest absolute Gasteiger partial charge is 0.379 e. The molecule has 1 fully saturated rings. The maximum atomic E-state index is 12.8. The SMILES string of the molecule is NC1(c2nc(-c3ccc(F)cn3)no2)CCOC1. The van der Waals surface area contributed by atoms with Gasteiger partial charge in [-0.25, -0.2) is 9.37 Å². The Kier molecular flexibility index (Phi) is 2.57. The van der Waals surface area contributed by atoms with Crippen LogP contribution in [0.3, 0.4) is 0 Å². The monoisotopic (exact) mass is 250 g/mol. The number of hydrogen-bond donors (Lipinski definition) is 1. The molecule has 3 heterocycles. The summed E-state index contributed by atoms with van der Waals surface area (Å²) in [6.45, 7) is 0.925. The van der Waals surface area contributed by atoms with Crippen LogP contribution in [-0.2, 0) is 10.3 Å². The molecule has 94 valence electrons. The molecule has 1 aliphatic heterocycles. The van der Waals surface area contributed by atoms with Crippen LogP contribution in [0, 0.1) is 5.82 Å². The number of halogens is 1. The van der Waals surface area contributed by atoms with Crippen LogP contribution >= 0.6 is 0 Å². The van der Waals surface area contributed by atoms with Gasteiger partial charge in [0.15, 0.2) is 0 Å². The molecule has 1 unspecified atom stereocenters. The first-order valence-electron chi connectivity index (χ1n) is 5.50. The van der Waals surface area contributed by atoms with E-state index < -0.39 is 11.4 Å². The van der Waals surface area contributed by atoms with Crippen molar-refractivity contribution in [1.82, 2.24) is 15.1 Å². The molecule has 0 spiro atoms. The molecule has 2 N–H and O–H groups in total. The summed E-state index contributed by atoms with van der Waals surface area (Å²) in [6.07, 6.45) is 1.73. The molecule has 1 saturated heterocycles. The molecule has 6 nitrogen and oxygen atoms in total. The summed E-state index contributed by atoms with van der Waals surface area (Å²) in [5.74, 6) is 0.199. The van der Waals surface area contributed by atoms with Crippen molar-refractivity contribution in [2.75, 3.05) is 13.2 Å². The van der Waals surface area contributed by atoms with Crippen molar-refractivity contribution in [2.24, 2.45) is 5.73 Å². The summed E-state index contributed by atoms with van der Waals surface area (Å²) in [6, 6.07) is 2.77. The first-order valence-corrected chi connectivity index (χ1v) is 5.50. The van der Waals surface area contributed by atoms with Crippen molar-refractivity contribution in [3.63, 3.8) is 0 Å². The van der Waals surface area contributed by atoms with Crippen LogP contribution in [0.25, 0.3) is 11.5 Å². The van der Waals surface area contributed by atoms with Crippen molar-refractivity contribution in [2.45, 2.75) is 12.0 Å². The molecule has 1 atom stereocenters. The lowest BCUT2D eigenvalue weighted by Gasteiger charge is -2.14. The Morgan fingerprint density at radius 1 is 1.39 bits per heavy atom. The van der Waals surface area contributed by atoms with E-state index in [0.29, 0.717) is 37.0 Å². The Morgan fingerprint density at radius 2 is 2.28 bits per heavy atom. The first kappa shape index (κ1) is 11.2. The highest BCUT2D eigenvalue weighted by Crippen LogP contribution is 2.27. The predicted molar refractivity (Wildman–Crippen MR) is 58.8 cm³/mol. The van der Waals surface area contributed by atoms with E-state index in [4.69, 9.17) is 15.0 Å². The standard InChI is InChI=1S/C11H11FN4O2/c12-7-1-2-8(14-5-7)9-15-10(18-16-9)11(13)3-4-17-6-11/h1-2,5H,3-4,6,13H2. The molecule has 0 saturated carbocycles. The highest BCUT2D eigenvalue weighted by molar-refractivity contribution is 5.47. The maximum Gasteiger partial charge on any atom is 0.249 e. The molecule has 1 aliphatic rings. The van der Waals surface area contributed by atoms with E-state index in [1.807, 2.05) is 0 Å². The van der Waals surface area contributed by atoms with Gasteiger partial charge in [0, 0.05) is 6.61 Å². The van der Waals surface area contributed by atoms with Gasteiger partial charge in [-0.3, -0.25) is 0 Å². The smallest absolute Gasteiger partial charge is 0.249 e. The first-order chi connectivity index (χ1) is 8.67. The minimum atomic E-state index is -0.731. The van der Waals surface area contributed by atoms with Gasteiger partial charge >= 0.3 is 0 Å². The molecule has 0 amide bonds. The summed E-state index contributed by atoms with van der Waals surface area (Å²) in [7, 11) is 0. The van der Waals surface area contributed by atoms with Gasteiger partial charge in [-0.05, 0) is 18.6 Å². The van der Waals surface area contributed by atoms with Crippen molar-refractivity contribution in [3.8, 4) is 11.5 Å². The molecule has 3 rings (SSSR count). The minimum Gasteiger partial charge on any atom is -0.379 e.